The number of allylic oxidation sites excluding steroid dienone is 2. The van der Waals surface area contributed by atoms with Gasteiger partial charge in [0.15, 0.2) is 0 Å². The summed E-state index contributed by atoms with van der Waals surface area (Å²) in [6, 6.07) is 0. The summed E-state index contributed by atoms with van der Waals surface area (Å²) in [6.07, 6.45) is 6.53. The second-order valence-electron chi connectivity index (χ2n) is 4.22. The molecule has 0 amide bonds. The van der Waals surface area contributed by atoms with E-state index < -0.39 is 7.60 Å². The van der Waals surface area contributed by atoms with Crippen molar-refractivity contribution < 1.29 is 13.6 Å². The molecule has 2 rings (SSSR count). The van der Waals surface area contributed by atoms with Gasteiger partial charge in [-0.25, -0.2) is 0 Å². The first-order valence-electron chi connectivity index (χ1n) is 5.76. The summed E-state index contributed by atoms with van der Waals surface area (Å²) in [5, 5.41) is 0. The van der Waals surface area contributed by atoms with Gasteiger partial charge in [0.25, 0.3) is 0 Å². The maximum Gasteiger partial charge on any atom is 0.334 e. The second-order valence-corrected chi connectivity index (χ2v) is 6.48. The number of rotatable bonds is 5. The summed E-state index contributed by atoms with van der Waals surface area (Å²) in [6.45, 7) is 4.67. The monoisotopic (exact) mass is 230 g/mol. The molecule has 86 valence electrons. The Morgan fingerprint density at radius 1 is 1.20 bits per heavy atom. The summed E-state index contributed by atoms with van der Waals surface area (Å²) in [5.41, 5.74) is 0.104. The minimum Gasteiger partial charge on any atom is -0.309 e. The van der Waals surface area contributed by atoms with Crippen LogP contribution < -0.4 is 0 Å². The fourth-order valence-corrected chi connectivity index (χ4v) is 5.10. The van der Waals surface area contributed by atoms with Gasteiger partial charge in [0.05, 0.1) is 18.9 Å². The molecule has 0 aromatic heterocycles. The first-order chi connectivity index (χ1) is 7.19. The predicted molar refractivity (Wildman–Crippen MR) is 60.0 cm³/mol. The molecule has 2 aliphatic rings. The second kappa shape index (κ2) is 4.40. The highest BCUT2D eigenvalue weighted by Crippen LogP contribution is 2.62. The predicted octanol–water partition coefficient (Wildman–Crippen LogP) is 3.22. The minimum absolute atomic E-state index is 0.104. The average Bonchev–Trinajstić information content (AvgIpc) is 2.79. The van der Waals surface area contributed by atoms with E-state index in [1.54, 1.807) is 0 Å². The third-order valence-electron chi connectivity index (χ3n) is 3.27. The van der Waals surface area contributed by atoms with E-state index in [0.717, 1.165) is 12.8 Å². The lowest BCUT2D eigenvalue weighted by Gasteiger charge is -2.27. The van der Waals surface area contributed by atoms with E-state index in [4.69, 9.17) is 9.05 Å². The van der Waals surface area contributed by atoms with Gasteiger partial charge < -0.3 is 9.05 Å². The maximum absolute atomic E-state index is 12.5. The molecule has 0 N–H and O–H groups in total. The molecule has 1 saturated carbocycles. The van der Waals surface area contributed by atoms with Crippen LogP contribution in [0.2, 0.25) is 0 Å². The molecule has 0 heterocycles. The molecule has 3 unspecified atom stereocenters. The van der Waals surface area contributed by atoms with Crippen LogP contribution in [0.15, 0.2) is 12.2 Å². The van der Waals surface area contributed by atoms with Crippen molar-refractivity contribution in [3.8, 4) is 0 Å². The Labute approximate surface area is 91.4 Å². The van der Waals surface area contributed by atoms with Gasteiger partial charge in [-0.2, -0.15) is 0 Å². The Morgan fingerprint density at radius 2 is 1.87 bits per heavy atom. The standard InChI is InChI=1S/C11H19O3P/c1-3-13-15(12,14-4-2)11-8-9-5-6-10(11)7-9/h5-6,9-11H,3-4,7-8H2,1-2H3. The fourth-order valence-electron chi connectivity index (χ4n) is 2.70. The Morgan fingerprint density at radius 3 is 2.27 bits per heavy atom. The van der Waals surface area contributed by atoms with Crippen molar-refractivity contribution >= 4 is 7.60 Å². The molecule has 3 nitrogen and oxygen atoms in total. The van der Waals surface area contributed by atoms with Gasteiger partial charge in [-0.1, -0.05) is 12.2 Å². The molecule has 15 heavy (non-hydrogen) atoms. The molecule has 0 radical (unpaired) electrons. The van der Waals surface area contributed by atoms with Crippen LogP contribution in [0.1, 0.15) is 26.7 Å². The van der Waals surface area contributed by atoms with E-state index in [0.29, 0.717) is 25.0 Å². The fraction of sp³-hybridized carbons (Fsp3) is 0.818. The number of hydrogen-bond donors (Lipinski definition) is 0. The summed E-state index contributed by atoms with van der Waals surface area (Å²) in [7, 11) is -2.86. The lowest BCUT2D eigenvalue weighted by Crippen LogP contribution is -2.18. The van der Waals surface area contributed by atoms with Gasteiger partial charge in [0.2, 0.25) is 0 Å². The van der Waals surface area contributed by atoms with Gasteiger partial charge in [-0.15, -0.1) is 0 Å². The van der Waals surface area contributed by atoms with Gasteiger partial charge in [0, 0.05) is 0 Å². The van der Waals surface area contributed by atoms with Gasteiger partial charge in [-0.05, 0) is 38.5 Å². The molecule has 4 heteroatoms. The average molecular weight is 230 g/mol. The maximum atomic E-state index is 12.5. The van der Waals surface area contributed by atoms with Crippen molar-refractivity contribution in [1.82, 2.24) is 0 Å². The van der Waals surface area contributed by atoms with Gasteiger partial charge in [0.1, 0.15) is 0 Å². The minimum atomic E-state index is -2.86. The van der Waals surface area contributed by atoms with E-state index in [1.165, 1.54) is 0 Å². The lowest BCUT2D eigenvalue weighted by atomic mass is 10.1. The van der Waals surface area contributed by atoms with E-state index in [2.05, 4.69) is 12.2 Å². The largest absolute Gasteiger partial charge is 0.334 e. The SMILES string of the molecule is CCOP(=O)(OCC)C1CC2C=CC1C2. The molecule has 0 aliphatic heterocycles. The van der Waals surface area contributed by atoms with Crippen molar-refractivity contribution in [3.05, 3.63) is 12.2 Å². The molecule has 0 spiro atoms. The lowest BCUT2D eigenvalue weighted by molar-refractivity contribution is 0.208. The van der Waals surface area contributed by atoms with Crippen molar-refractivity contribution in [2.45, 2.75) is 32.3 Å². The highest BCUT2D eigenvalue weighted by molar-refractivity contribution is 7.54. The highest BCUT2D eigenvalue weighted by atomic mass is 31.2. The third-order valence-corrected chi connectivity index (χ3v) is 5.91. The zero-order chi connectivity index (χ0) is 10.9. The highest BCUT2D eigenvalue weighted by Gasteiger charge is 2.47. The summed E-state index contributed by atoms with van der Waals surface area (Å²) in [5.74, 6) is 1.02. The third kappa shape index (κ3) is 2.06. The van der Waals surface area contributed by atoms with Crippen LogP contribution in [-0.4, -0.2) is 18.9 Å². The van der Waals surface area contributed by atoms with E-state index in [1.807, 2.05) is 13.8 Å². The molecule has 0 aromatic carbocycles. The first kappa shape index (κ1) is 11.4. The quantitative estimate of drug-likeness (QED) is 0.537. The van der Waals surface area contributed by atoms with Crippen LogP contribution >= 0.6 is 7.60 Å². The smallest absolute Gasteiger partial charge is 0.309 e. The Kier molecular flexibility index (Phi) is 3.34. The number of hydrogen-bond acceptors (Lipinski definition) is 3. The zero-order valence-electron chi connectivity index (χ0n) is 9.39. The topological polar surface area (TPSA) is 35.5 Å². The first-order valence-corrected chi connectivity index (χ1v) is 7.38. The molecule has 2 aliphatic carbocycles. The van der Waals surface area contributed by atoms with Crippen LogP contribution in [0.3, 0.4) is 0 Å². The molecular formula is C11H19O3P. The van der Waals surface area contributed by atoms with Crippen LogP contribution in [0.25, 0.3) is 0 Å². The van der Waals surface area contributed by atoms with Crippen LogP contribution in [0.4, 0.5) is 0 Å². The van der Waals surface area contributed by atoms with Gasteiger partial charge >= 0.3 is 7.60 Å². The van der Waals surface area contributed by atoms with E-state index in [9.17, 15) is 4.57 Å². The molecule has 3 atom stereocenters. The van der Waals surface area contributed by atoms with Crippen molar-refractivity contribution in [3.63, 3.8) is 0 Å². The molecular weight excluding hydrogens is 211 g/mol. The zero-order valence-corrected chi connectivity index (χ0v) is 10.3. The Hall–Kier alpha value is -0.110. The number of fused-ring (bicyclic) bond motifs is 2. The molecule has 0 saturated heterocycles. The summed E-state index contributed by atoms with van der Waals surface area (Å²) in [4.78, 5) is 0. The normalized spacial score (nSPS) is 33.9. The van der Waals surface area contributed by atoms with Crippen molar-refractivity contribution in [1.29, 1.82) is 0 Å². The van der Waals surface area contributed by atoms with Crippen LogP contribution in [0.5, 0.6) is 0 Å². The molecule has 1 fully saturated rings. The van der Waals surface area contributed by atoms with Crippen LogP contribution in [0, 0.1) is 11.8 Å². The van der Waals surface area contributed by atoms with Gasteiger partial charge in [-0.3, -0.25) is 4.57 Å². The van der Waals surface area contributed by atoms with Crippen LogP contribution in [-0.2, 0) is 13.6 Å². The Bertz CT molecular complexity index is 290. The van der Waals surface area contributed by atoms with E-state index in [-0.39, 0.29) is 5.66 Å². The molecule has 0 aromatic rings. The Balaban J connectivity index is 2.12. The summed E-state index contributed by atoms with van der Waals surface area (Å²) < 4.78 is 23.3. The van der Waals surface area contributed by atoms with Crippen molar-refractivity contribution in [2.24, 2.45) is 11.8 Å². The molecule has 2 bridgehead atoms. The summed E-state index contributed by atoms with van der Waals surface area (Å²) >= 11 is 0. The van der Waals surface area contributed by atoms with E-state index >= 15 is 0 Å². The van der Waals surface area contributed by atoms with Crippen molar-refractivity contribution in [2.75, 3.05) is 13.2 Å².